The normalized spacial score (nSPS) is 12.5. The van der Waals surface area contributed by atoms with Crippen LogP contribution in [-0.4, -0.2) is 35.1 Å². The summed E-state index contributed by atoms with van der Waals surface area (Å²) in [6.45, 7) is 2.11. The fourth-order valence-electron chi connectivity index (χ4n) is 1.49. The molecule has 0 amide bonds. The molecule has 0 aliphatic rings. The van der Waals surface area contributed by atoms with E-state index in [1.165, 1.54) is 6.33 Å². The van der Waals surface area contributed by atoms with Crippen LogP contribution in [0.4, 0.5) is 5.82 Å². The Labute approximate surface area is 104 Å². The molecular weight excluding hydrogens is 246 g/mol. The van der Waals surface area contributed by atoms with Crippen LogP contribution >= 0.6 is 23.4 Å². The summed E-state index contributed by atoms with van der Waals surface area (Å²) in [6.07, 6.45) is 4.43. The standard InChI is InChI=1S/C10H16ClN3OS/c1-4-7(5-16-3)14(2)9-8(11)10(15)13-6-12-9/h6-7H,4-5H2,1-3H3,(H,12,13,15). The van der Waals surface area contributed by atoms with Gasteiger partial charge in [-0.1, -0.05) is 18.5 Å². The maximum atomic E-state index is 11.4. The van der Waals surface area contributed by atoms with Crippen LogP contribution in [0.15, 0.2) is 11.1 Å². The number of halogens is 1. The first-order chi connectivity index (χ1) is 7.61. The number of nitrogens with zero attached hydrogens (tertiary/aromatic N) is 2. The SMILES string of the molecule is CCC(CSC)N(C)c1nc[nH]c(=O)c1Cl. The van der Waals surface area contributed by atoms with Gasteiger partial charge in [0.1, 0.15) is 5.02 Å². The lowest BCUT2D eigenvalue weighted by Gasteiger charge is -2.27. The van der Waals surface area contributed by atoms with Crippen molar-refractivity contribution < 1.29 is 0 Å². The van der Waals surface area contributed by atoms with E-state index in [-0.39, 0.29) is 10.6 Å². The Morgan fingerprint density at radius 2 is 2.38 bits per heavy atom. The lowest BCUT2D eigenvalue weighted by molar-refractivity contribution is 0.664. The summed E-state index contributed by atoms with van der Waals surface area (Å²) in [5.41, 5.74) is -0.294. The summed E-state index contributed by atoms with van der Waals surface area (Å²) >= 11 is 7.70. The highest BCUT2D eigenvalue weighted by molar-refractivity contribution is 7.98. The third-order valence-electron chi connectivity index (χ3n) is 2.49. The van der Waals surface area contributed by atoms with Crippen LogP contribution in [0, 0.1) is 0 Å². The third-order valence-corrected chi connectivity index (χ3v) is 3.55. The number of H-pyrrole nitrogens is 1. The maximum absolute atomic E-state index is 11.4. The van der Waals surface area contributed by atoms with E-state index < -0.39 is 0 Å². The second-order valence-corrected chi connectivity index (χ2v) is 4.79. The van der Waals surface area contributed by atoms with E-state index in [0.29, 0.717) is 11.9 Å². The molecule has 0 saturated heterocycles. The zero-order valence-corrected chi connectivity index (χ0v) is 11.2. The summed E-state index contributed by atoms with van der Waals surface area (Å²) in [6, 6.07) is 0.335. The largest absolute Gasteiger partial charge is 0.354 e. The fraction of sp³-hybridized carbons (Fsp3) is 0.600. The average Bonchev–Trinajstić information content (AvgIpc) is 2.29. The van der Waals surface area contributed by atoms with Gasteiger partial charge in [0.05, 0.1) is 6.33 Å². The van der Waals surface area contributed by atoms with E-state index >= 15 is 0 Å². The zero-order chi connectivity index (χ0) is 12.1. The minimum atomic E-state index is -0.294. The highest BCUT2D eigenvalue weighted by Gasteiger charge is 2.17. The van der Waals surface area contributed by atoms with Crippen LogP contribution < -0.4 is 10.5 Å². The molecule has 0 aliphatic carbocycles. The van der Waals surface area contributed by atoms with Gasteiger partial charge in [0.25, 0.3) is 5.56 Å². The van der Waals surface area contributed by atoms with Crippen LogP contribution in [0.25, 0.3) is 0 Å². The molecule has 0 spiro atoms. The molecule has 4 nitrogen and oxygen atoms in total. The molecule has 1 aromatic rings. The Kier molecular flexibility index (Phi) is 5.15. The number of hydrogen-bond acceptors (Lipinski definition) is 4. The highest BCUT2D eigenvalue weighted by atomic mass is 35.5. The van der Waals surface area contributed by atoms with Crippen molar-refractivity contribution >= 4 is 29.2 Å². The van der Waals surface area contributed by atoms with Gasteiger partial charge in [0.2, 0.25) is 0 Å². The monoisotopic (exact) mass is 261 g/mol. The first-order valence-corrected chi connectivity index (χ1v) is 6.83. The van der Waals surface area contributed by atoms with Crippen molar-refractivity contribution in [2.75, 3.05) is 24.0 Å². The smallest absolute Gasteiger partial charge is 0.271 e. The summed E-state index contributed by atoms with van der Waals surface area (Å²) in [5.74, 6) is 1.53. The Morgan fingerprint density at radius 3 is 2.94 bits per heavy atom. The summed E-state index contributed by atoms with van der Waals surface area (Å²) < 4.78 is 0. The molecule has 1 aromatic heterocycles. The van der Waals surface area contributed by atoms with Crippen molar-refractivity contribution in [2.45, 2.75) is 19.4 Å². The topological polar surface area (TPSA) is 49.0 Å². The van der Waals surface area contributed by atoms with Crippen molar-refractivity contribution in [2.24, 2.45) is 0 Å². The lowest BCUT2D eigenvalue weighted by atomic mass is 10.2. The molecule has 0 aromatic carbocycles. The predicted molar refractivity (Wildman–Crippen MR) is 70.7 cm³/mol. The van der Waals surface area contributed by atoms with Gasteiger partial charge in [0, 0.05) is 18.8 Å². The molecule has 1 N–H and O–H groups in total. The molecule has 6 heteroatoms. The van der Waals surface area contributed by atoms with Crippen molar-refractivity contribution in [3.8, 4) is 0 Å². The highest BCUT2D eigenvalue weighted by Crippen LogP contribution is 2.21. The van der Waals surface area contributed by atoms with Crippen LogP contribution in [0.2, 0.25) is 5.02 Å². The molecule has 1 unspecified atom stereocenters. The average molecular weight is 262 g/mol. The molecule has 0 bridgehead atoms. The van der Waals surface area contributed by atoms with Crippen LogP contribution in [0.1, 0.15) is 13.3 Å². The number of aromatic nitrogens is 2. The number of rotatable bonds is 5. The quantitative estimate of drug-likeness (QED) is 0.881. The molecule has 0 radical (unpaired) electrons. The zero-order valence-electron chi connectivity index (χ0n) is 9.66. The molecule has 90 valence electrons. The van der Waals surface area contributed by atoms with Gasteiger partial charge in [-0.2, -0.15) is 11.8 Å². The minimum Gasteiger partial charge on any atom is -0.354 e. The van der Waals surface area contributed by atoms with E-state index in [1.54, 1.807) is 11.8 Å². The summed E-state index contributed by atoms with van der Waals surface area (Å²) in [5, 5.41) is 0.157. The molecule has 0 aliphatic heterocycles. The summed E-state index contributed by atoms with van der Waals surface area (Å²) in [7, 11) is 1.91. The Balaban J connectivity index is 2.98. The minimum absolute atomic E-state index is 0.157. The second kappa shape index (κ2) is 6.15. The number of anilines is 1. The number of hydrogen-bond donors (Lipinski definition) is 1. The van der Waals surface area contributed by atoms with Gasteiger partial charge >= 0.3 is 0 Å². The second-order valence-electron chi connectivity index (χ2n) is 3.50. The molecule has 1 rings (SSSR count). The number of nitrogens with one attached hydrogen (secondary N) is 1. The number of thioether (sulfide) groups is 1. The van der Waals surface area contributed by atoms with E-state index in [1.807, 2.05) is 11.9 Å². The first kappa shape index (κ1) is 13.4. The van der Waals surface area contributed by atoms with Gasteiger partial charge in [-0.05, 0) is 12.7 Å². The number of aromatic amines is 1. The Bertz CT molecular complexity index is 396. The van der Waals surface area contributed by atoms with Crippen LogP contribution in [0.5, 0.6) is 0 Å². The van der Waals surface area contributed by atoms with Crippen molar-refractivity contribution in [3.05, 3.63) is 21.7 Å². The molecule has 16 heavy (non-hydrogen) atoms. The Hall–Kier alpha value is -0.680. The van der Waals surface area contributed by atoms with Crippen LogP contribution in [-0.2, 0) is 0 Å². The van der Waals surface area contributed by atoms with E-state index in [2.05, 4.69) is 23.1 Å². The van der Waals surface area contributed by atoms with Crippen LogP contribution in [0.3, 0.4) is 0 Å². The van der Waals surface area contributed by atoms with E-state index in [4.69, 9.17) is 11.6 Å². The third kappa shape index (κ3) is 2.92. The summed E-state index contributed by atoms with van der Waals surface area (Å²) in [4.78, 5) is 19.9. The van der Waals surface area contributed by atoms with Gasteiger partial charge < -0.3 is 9.88 Å². The van der Waals surface area contributed by atoms with Gasteiger partial charge in [0.15, 0.2) is 5.82 Å². The van der Waals surface area contributed by atoms with E-state index in [9.17, 15) is 4.79 Å². The molecule has 1 atom stereocenters. The Morgan fingerprint density at radius 1 is 1.69 bits per heavy atom. The molecule has 1 heterocycles. The molecular formula is C10H16ClN3OS. The van der Waals surface area contributed by atoms with Crippen molar-refractivity contribution in [1.82, 2.24) is 9.97 Å². The lowest BCUT2D eigenvalue weighted by Crippen LogP contribution is -2.35. The van der Waals surface area contributed by atoms with Crippen molar-refractivity contribution in [3.63, 3.8) is 0 Å². The van der Waals surface area contributed by atoms with Gasteiger partial charge in [-0.3, -0.25) is 4.79 Å². The fourth-order valence-corrected chi connectivity index (χ4v) is 2.57. The maximum Gasteiger partial charge on any atom is 0.271 e. The van der Waals surface area contributed by atoms with E-state index in [0.717, 1.165) is 12.2 Å². The van der Waals surface area contributed by atoms with Gasteiger partial charge in [-0.15, -0.1) is 0 Å². The predicted octanol–water partition coefficient (Wildman–Crippen LogP) is 2.00. The molecule has 0 fully saturated rings. The first-order valence-electron chi connectivity index (χ1n) is 5.06. The molecule has 0 saturated carbocycles. The van der Waals surface area contributed by atoms with Crippen molar-refractivity contribution in [1.29, 1.82) is 0 Å². The van der Waals surface area contributed by atoms with Gasteiger partial charge in [-0.25, -0.2) is 4.98 Å².